The van der Waals surface area contributed by atoms with Gasteiger partial charge in [-0.25, -0.2) is 4.79 Å². The summed E-state index contributed by atoms with van der Waals surface area (Å²) in [6.07, 6.45) is -1.40. The molecule has 2 aromatic carbocycles. The Bertz CT molecular complexity index is 1100. The molecule has 2 atom stereocenters. The highest BCUT2D eigenvalue weighted by Crippen LogP contribution is 2.27. The van der Waals surface area contributed by atoms with Crippen molar-refractivity contribution in [1.82, 2.24) is 10.2 Å². The van der Waals surface area contributed by atoms with E-state index in [1.807, 2.05) is 32.0 Å². The zero-order chi connectivity index (χ0) is 27.2. The van der Waals surface area contributed by atoms with Crippen LogP contribution in [-0.4, -0.2) is 52.5 Å². The number of alkyl carbamates (subject to hydrolysis) is 1. The van der Waals surface area contributed by atoms with E-state index in [1.165, 1.54) is 31.3 Å². The van der Waals surface area contributed by atoms with Crippen LogP contribution in [0.2, 0.25) is 0 Å². The summed E-state index contributed by atoms with van der Waals surface area (Å²) in [4.78, 5) is 52.2. The van der Waals surface area contributed by atoms with Gasteiger partial charge < -0.3 is 31.1 Å². The molecule has 5 N–H and O–H groups in total. The minimum Gasteiger partial charge on any atom is -0.508 e. The molecule has 0 aliphatic rings. The second-order valence-electron chi connectivity index (χ2n) is 9.57. The van der Waals surface area contributed by atoms with Gasteiger partial charge in [0.1, 0.15) is 23.4 Å². The van der Waals surface area contributed by atoms with Gasteiger partial charge in [0.2, 0.25) is 11.8 Å². The number of aromatic hydroxyl groups is 1. The number of rotatable bonds is 8. The molecule has 10 nitrogen and oxygen atoms in total. The SMILES string of the molecule is Cc1cccc(C)c1NC(=O)C(c1ccc(O)cc1)N(C)C(=O)C(CC(N)=O)NC(=O)OC(C)(C)C. The number of phenolic OH excluding ortho intramolecular Hbond substituents is 1. The fourth-order valence-corrected chi connectivity index (χ4v) is 3.63. The predicted octanol–water partition coefficient (Wildman–Crippen LogP) is 2.92. The van der Waals surface area contributed by atoms with Gasteiger partial charge in [0.05, 0.1) is 6.42 Å². The maximum atomic E-state index is 13.5. The van der Waals surface area contributed by atoms with Crippen LogP contribution in [-0.2, 0) is 19.1 Å². The lowest BCUT2D eigenvalue weighted by Gasteiger charge is -2.31. The molecule has 0 bridgehead atoms. The van der Waals surface area contributed by atoms with E-state index in [0.29, 0.717) is 11.3 Å². The number of nitrogens with zero attached hydrogens (tertiary/aromatic N) is 1. The summed E-state index contributed by atoms with van der Waals surface area (Å²) < 4.78 is 5.21. The number of primary amides is 1. The fourth-order valence-electron chi connectivity index (χ4n) is 3.63. The normalized spacial score (nSPS) is 12.7. The average molecular weight is 499 g/mol. The van der Waals surface area contributed by atoms with Crippen LogP contribution in [0.1, 0.15) is 49.9 Å². The van der Waals surface area contributed by atoms with Crippen molar-refractivity contribution in [2.24, 2.45) is 5.73 Å². The maximum absolute atomic E-state index is 13.5. The van der Waals surface area contributed by atoms with E-state index >= 15 is 0 Å². The highest BCUT2D eigenvalue weighted by molar-refractivity contribution is 6.00. The number of nitrogens with one attached hydrogen (secondary N) is 2. The van der Waals surface area contributed by atoms with Crippen molar-refractivity contribution in [3.63, 3.8) is 0 Å². The summed E-state index contributed by atoms with van der Waals surface area (Å²) in [7, 11) is 1.38. The van der Waals surface area contributed by atoms with Crippen molar-refractivity contribution in [3.05, 3.63) is 59.2 Å². The van der Waals surface area contributed by atoms with Gasteiger partial charge in [-0.3, -0.25) is 14.4 Å². The molecule has 2 rings (SSSR count). The monoisotopic (exact) mass is 498 g/mol. The lowest BCUT2D eigenvalue weighted by atomic mass is 10.0. The number of amides is 4. The van der Waals surface area contributed by atoms with Gasteiger partial charge in [0, 0.05) is 12.7 Å². The minimum atomic E-state index is -1.37. The van der Waals surface area contributed by atoms with Gasteiger partial charge in [-0.05, 0) is 63.4 Å². The Morgan fingerprint density at radius 2 is 1.58 bits per heavy atom. The molecular weight excluding hydrogens is 464 g/mol. The molecule has 0 heterocycles. The molecule has 0 spiro atoms. The third kappa shape index (κ3) is 7.72. The molecular formula is C26H34N4O6. The quantitative estimate of drug-likeness (QED) is 0.439. The largest absolute Gasteiger partial charge is 0.508 e. The number of hydrogen-bond donors (Lipinski definition) is 4. The van der Waals surface area contributed by atoms with Gasteiger partial charge >= 0.3 is 6.09 Å². The van der Waals surface area contributed by atoms with E-state index in [-0.39, 0.29) is 5.75 Å². The highest BCUT2D eigenvalue weighted by atomic mass is 16.6. The van der Waals surface area contributed by atoms with Crippen molar-refractivity contribution in [1.29, 1.82) is 0 Å². The summed E-state index contributed by atoms with van der Waals surface area (Å²) in [6, 6.07) is 8.85. The highest BCUT2D eigenvalue weighted by Gasteiger charge is 2.35. The van der Waals surface area contributed by atoms with Gasteiger partial charge in [0.15, 0.2) is 0 Å². The zero-order valence-electron chi connectivity index (χ0n) is 21.4. The van der Waals surface area contributed by atoms with E-state index in [1.54, 1.807) is 20.8 Å². The summed E-state index contributed by atoms with van der Waals surface area (Å²) >= 11 is 0. The smallest absolute Gasteiger partial charge is 0.408 e. The first-order valence-corrected chi connectivity index (χ1v) is 11.4. The molecule has 0 aliphatic heterocycles. The first-order chi connectivity index (χ1) is 16.7. The van der Waals surface area contributed by atoms with Crippen molar-refractivity contribution in [2.45, 2.75) is 58.7 Å². The summed E-state index contributed by atoms with van der Waals surface area (Å²) in [5, 5.41) is 15.0. The number of phenols is 1. The Morgan fingerprint density at radius 1 is 1.03 bits per heavy atom. The Kier molecular flexibility index (Phi) is 9.05. The molecule has 0 aliphatic carbocycles. The number of anilines is 1. The van der Waals surface area contributed by atoms with E-state index in [0.717, 1.165) is 16.0 Å². The first-order valence-electron chi connectivity index (χ1n) is 11.4. The van der Waals surface area contributed by atoms with Gasteiger partial charge in [0.25, 0.3) is 5.91 Å². The number of nitrogens with two attached hydrogens (primary N) is 1. The predicted molar refractivity (Wildman–Crippen MR) is 135 cm³/mol. The number of ether oxygens (including phenoxy) is 1. The Balaban J connectivity index is 2.42. The van der Waals surface area contributed by atoms with Crippen LogP contribution in [0.3, 0.4) is 0 Å². The molecule has 36 heavy (non-hydrogen) atoms. The number of para-hydroxylation sites is 1. The van der Waals surface area contributed by atoms with E-state index in [9.17, 15) is 24.3 Å². The summed E-state index contributed by atoms with van der Waals surface area (Å²) in [5.41, 5.74) is 7.16. The number of carbonyl (C=O) groups is 4. The molecule has 0 radical (unpaired) electrons. The lowest BCUT2D eigenvalue weighted by molar-refractivity contribution is -0.140. The van der Waals surface area contributed by atoms with Crippen LogP contribution >= 0.6 is 0 Å². The molecule has 194 valence electrons. The van der Waals surface area contributed by atoms with E-state index in [4.69, 9.17) is 10.5 Å². The molecule has 2 unspecified atom stereocenters. The molecule has 0 saturated heterocycles. The molecule has 10 heteroatoms. The van der Waals surface area contributed by atoms with Crippen molar-refractivity contribution >= 4 is 29.5 Å². The second-order valence-corrected chi connectivity index (χ2v) is 9.57. The van der Waals surface area contributed by atoms with E-state index in [2.05, 4.69) is 10.6 Å². The number of likely N-dealkylation sites (N-methyl/N-ethyl adjacent to an activating group) is 1. The second kappa shape index (κ2) is 11.6. The summed E-state index contributed by atoms with van der Waals surface area (Å²) in [5.74, 6) is -2.09. The van der Waals surface area contributed by atoms with E-state index < -0.39 is 47.9 Å². The van der Waals surface area contributed by atoms with Crippen molar-refractivity contribution < 1.29 is 29.0 Å². The maximum Gasteiger partial charge on any atom is 0.408 e. The third-order valence-corrected chi connectivity index (χ3v) is 5.32. The van der Waals surface area contributed by atoms with Gasteiger partial charge in [-0.15, -0.1) is 0 Å². The number of aryl methyl sites for hydroxylation is 2. The fraction of sp³-hybridized carbons (Fsp3) is 0.385. The molecule has 0 fully saturated rings. The van der Waals surface area contributed by atoms with Gasteiger partial charge in [-0.1, -0.05) is 30.3 Å². The van der Waals surface area contributed by atoms with Crippen LogP contribution in [0.5, 0.6) is 5.75 Å². The lowest BCUT2D eigenvalue weighted by Crippen LogP contribution is -2.52. The molecule has 4 amide bonds. The Labute approximate surface area is 210 Å². The average Bonchev–Trinajstić information content (AvgIpc) is 2.75. The zero-order valence-corrected chi connectivity index (χ0v) is 21.4. The third-order valence-electron chi connectivity index (χ3n) is 5.32. The van der Waals surface area contributed by atoms with Crippen LogP contribution in [0.4, 0.5) is 10.5 Å². The number of carbonyl (C=O) groups excluding carboxylic acids is 4. The standard InChI is InChI=1S/C26H34N4O6/c1-15-8-7-9-16(2)21(15)29-23(33)22(17-10-12-18(31)13-11-17)30(6)24(34)19(14-20(27)32)28-25(35)36-26(3,4)5/h7-13,19,22,31H,14H2,1-6H3,(H2,27,32)(H,28,35)(H,29,33). The van der Waals surface area contributed by atoms with Crippen molar-refractivity contribution in [2.75, 3.05) is 12.4 Å². The number of hydrogen-bond acceptors (Lipinski definition) is 6. The van der Waals surface area contributed by atoms with Crippen LogP contribution in [0.15, 0.2) is 42.5 Å². The van der Waals surface area contributed by atoms with Crippen LogP contribution in [0, 0.1) is 13.8 Å². The van der Waals surface area contributed by atoms with Gasteiger partial charge in [-0.2, -0.15) is 0 Å². The number of benzene rings is 2. The molecule has 0 aromatic heterocycles. The first kappa shape index (κ1) is 28.2. The van der Waals surface area contributed by atoms with Crippen LogP contribution < -0.4 is 16.4 Å². The Hall–Kier alpha value is -4.08. The Morgan fingerprint density at radius 3 is 2.08 bits per heavy atom. The molecule has 2 aromatic rings. The summed E-state index contributed by atoms with van der Waals surface area (Å²) in [6.45, 7) is 8.66. The van der Waals surface area contributed by atoms with Crippen molar-refractivity contribution in [3.8, 4) is 5.75 Å². The molecule has 0 saturated carbocycles. The topological polar surface area (TPSA) is 151 Å². The minimum absolute atomic E-state index is 0.0140. The van der Waals surface area contributed by atoms with Crippen LogP contribution in [0.25, 0.3) is 0 Å².